The summed E-state index contributed by atoms with van der Waals surface area (Å²) in [7, 11) is -2.65. The number of nitrogens with one attached hydrogen (secondary N) is 1. The summed E-state index contributed by atoms with van der Waals surface area (Å²) < 4.78 is 47.5. The van der Waals surface area contributed by atoms with Crippen LogP contribution in [0.1, 0.15) is 28.8 Å². The molecule has 1 aromatic carbocycles. The predicted molar refractivity (Wildman–Crippen MR) is 129 cm³/mol. The molecule has 1 N–H and O–H groups in total. The highest BCUT2D eigenvalue weighted by molar-refractivity contribution is 7.89. The molecule has 2 saturated heterocycles. The molecule has 1 aromatic heterocycles. The van der Waals surface area contributed by atoms with Crippen molar-refractivity contribution in [3.63, 3.8) is 0 Å². The molecule has 3 aliphatic heterocycles. The molecule has 11 nitrogen and oxygen atoms in total. The largest absolute Gasteiger partial charge is 0.480 e. The molecule has 1 unspecified atom stereocenters. The Bertz CT molecular complexity index is 1410. The van der Waals surface area contributed by atoms with Gasteiger partial charge in [-0.2, -0.15) is 4.31 Å². The summed E-state index contributed by atoms with van der Waals surface area (Å²) in [6.07, 6.45) is 1.60. The average molecular weight is 552 g/mol. The van der Waals surface area contributed by atoms with E-state index in [1.54, 1.807) is 0 Å². The summed E-state index contributed by atoms with van der Waals surface area (Å²) in [6, 6.07) is 2.92. The molecular formula is C23H23ClFN5O6S. The first kappa shape index (κ1) is 25.4. The molecule has 0 bridgehead atoms. The number of halogens is 2. The Balaban J connectivity index is 1.37. The van der Waals surface area contributed by atoms with Crippen LogP contribution in [-0.4, -0.2) is 79.7 Å². The van der Waals surface area contributed by atoms with E-state index >= 15 is 0 Å². The first-order chi connectivity index (χ1) is 17.6. The molecule has 2 aromatic rings. The molecule has 0 aliphatic carbocycles. The number of aromatic nitrogens is 1. The van der Waals surface area contributed by atoms with Crippen LogP contribution in [0.25, 0.3) is 0 Å². The molecule has 3 amide bonds. The third kappa shape index (κ3) is 4.51. The van der Waals surface area contributed by atoms with Crippen LogP contribution in [-0.2, 0) is 26.2 Å². The lowest BCUT2D eigenvalue weighted by atomic mass is 10.0. The molecule has 2 fully saturated rings. The normalized spacial score (nSPS) is 20.7. The molecule has 1 atom stereocenters. The first-order valence-electron chi connectivity index (χ1n) is 11.5. The van der Waals surface area contributed by atoms with Crippen molar-refractivity contribution in [3.05, 3.63) is 46.4 Å². The Labute approximate surface area is 217 Å². The van der Waals surface area contributed by atoms with Gasteiger partial charge in [0.25, 0.3) is 5.91 Å². The minimum atomic E-state index is -3.97. The fourth-order valence-electron chi connectivity index (χ4n) is 4.94. The van der Waals surface area contributed by atoms with Crippen molar-refractivity contribution < 1.29 is 31.9 Å². The van der Waals surface area contributed by atoms with Gasteiger partial charge in [0.15, 0.2) is 0 Å². The van der Waals surface area contributed by atoms with Gasteiger partial charge in [-0.05, 0) is 24.6 Å². The maximum absolute atomic E-state index is 14.6. The van der Waals surface area contributed by atoms with Crippen LogP contribution in [0.4, 0.5) is 10.1 Å². The van der Waals surface area contributed by atoms with Gasteiger partial charge in [-0.3, -0.25) is 19.7 Å². The van der Waals surface area contributed by atoms with Crippen LogP contribution in [0.5, 0.6) is 5.88 Å². The standard InChI is InChI=1S/C23H23ClFN5O6S/c1-36-22-19(8-13(24)11-26-22)37(34,35)29-6-4-28(5-7-29)18-10-14(25)9-15-16(18)12-30(23(15)33)17-2-3-20(31)27-21(17)32/h8-11,17H,2-7,12H2,1H3,(H,27,31,32). The molecule has 5 rings (SSSR count). The van der Waals surface area contributed by atoms with E-state index in [1.807, 2.05) is 4.90 Å². The van der Waals surface area contributed by atoms with Gasteiger partial charge in [0.1, 0.15) is 16.8 Å². The third-order valence-corrected chi connectivity index (χ3v) is 8.87. The van der Waals surface area contributed by atoms with E-state index in [9.17, 15) is 27.2 Å². The van der Waals surface area contributed by atoms with Gasteiger partial charge in [-0.1, -0.05) is 11.6 Å². The van der Waals surface area contributed by atoms with Crippen molar-refractivity contribution in [1.29, 1.82) is 0 Å². The summed E-state index contributed by atoms with van der Waals surface area (Å²) in [4.78, 5) is 44.0. The fourth-order valence-corrected chi connectivity index (χ4v) is 6.72. The van der Waals surface area contributed by atoms with Crippen LogP contribution in [0.2, 0.25) is 5.02 Å². The quantitative estimate of drug-likeness (QED) is 0.548. The Kier molecular flexibility index (Phi) is 6.54. The van der Waals surface area contributed by atoms with Gasteiger partial charge in [0, 0.05) is 62.2 Å². The Morgan fingerprint density at radius 1 is 1.14 bits per heavy atom. The number of piperidine rings is 1. The number of pyridine rings is 1. The number of carbonyl (C=O) groups is 3. The third-order valence-electron chi connectivity index (χ3n) is 6.77. The molecule has 0 saturated carbocycles. The second-order valence-corrected chi connectivity index (χ2v) is 11.2. The van der Waals surface area contributed by atoms with Gasteiger partial charge in [0.2, 0.25) is 27.7 Å². The molecule has 37 heavy (non-hydrogen) atoms. The highest BCUT2D eigenvalue weighted by atomic mass is 35.5. The second kappa shape index (κ2) is 9.54. The number of imide groups is 1. The number of rotatable bonds is 5. The number of carbonyl (C=O) groups excluding carboxylic acids is 3. The number of ether oxygens (including phenoxy) is 1. The summed E-state index contributed by atoms with van der Waals surface area (Å²) in [6.45, 7) is 0.734. The van der Waals surface area contributed by atoms with E-state index < -0.39 is 39.6 Å². The van der Waals surface area contributed by atoms with E-state index in [4.69, 9.17) is 16.3 Å². The Morgan fingerprint density at radius 2 is 1.86 bits per heavy atom. The maximum Gasteiger partial charge on any atom is 0.255 e. The molecule has 14 heteroatoms. The number of hydrogen-bond donors (Lipinski definition) is 1. The monoisotopic (exact) mass is 551 g/mol. The number of anilines is 1. The van der Waals surface area contributed by atoms with Gasteiger partial charge in [-0.25, -0.2) is 17.8 Å². The van der Waals surface area contributed by atoms with Gasteiger partial charge in [-0.15, -0.1) is 0 Å². The minimum absolute atomic E-state index is 0.0677. The van der Waals surface area contributed by atoms with Crippen molar-refractivity contribution in [2.45, 2.75) is 30.3 Å². The van der Waals surface area contributed by atoms with Crippen LogP contribution >= 0.6 is 11.6 Å². The summed E-state index contributed by atoms with van der Waals surface area (Å²) >= 11 is 5.97. The van der Waals surface area contributed by atoms with Crippen molar-refractivity contribution in [2.24, 2.45) is 0 Å². The zero-order valence-electron chi connectivity index (χ0n) is 19.7. The molecule has 4 heterocycles. The van der Waals surface area contributed by atoms with Crippen molar-refractivity contribution in [1.82, 2.24) is 19.5 Å². The zero-order chi connectivity index (χ0) is 26.5. The van der Waals surface area contributed by atoms with Gasteiger partial charge >= 0.3 is 0 Å². The Hall–Kier alpha value is -3.29. The molecule has 196 valence electrons. The number of methoxy groups -OCH3 is 1. The predicted octanol–water partition coefficient (Wildman–Crippen LogP) is 1.15. The van der Waals surface area contributed by atoms with Crippen molar-refractivity contribution >= 4 is 45.0 Å². The van der Waals surface area contributed by atoms with Crippen molar-refractivity contribution in [2.75, 3.05) is 38.2 Å². The average Bonchev–Trinajstić information content (AvgIpc) is 3.19. The van der Waals surface area contributed by atoms with Crippen LogP contribution < -0.4 is 15.0 Å². The number of piperazine rings is 1. The second-order valence-electron chi connectivity index (χ2n) is 8.90. The lowest BCUT2D eigenvalue weighted by Crippen LogP contribution is -2.52. The fraction of sp³-hybridized carbons (Fsp3) is 0.391. The van der Waals surface area contributed by atoms with E-state index in [2.05, 4.69) is 10.3 Å². The number of benzene rings is 1. The Morgan fingerprint density at radius 3 is 2.54 bits per heavy atom. The topological polar surface area (TPSA) is 129 Å². The van der Waals surface area contributed by atoms with Crippen LogP contribution in [0.3, 0.4) is 0 Å². The number of sulfonamides is 1. The van der Waals surface area contributed by atoms with Crippen molar-refractivity contribution in [3.8, 4) is 5.88 Å². The van der Waals surface area contributed by atoms with E-state index in [0.29, 0.717) is 11.3 Å². The number of nitrogens with zero attached hydrogens (tertiary/aromatic N) is 4. The highest BCUT2D eigenvalue weighted by Gasteiger charge is 2.41. The molecule has 3 aliphatic rings. The van der Waals surface area contributed by atoms with E-state index in [-0.39, 0.29) is 66.9 Å². The zero-order valence-corrected chi connectivity index (χ0v) is 21.3. The molecule has 0 spiro atoms. The number of hydrogen-bond acceptors (Lipinski definition) is 8. The van der Waals surface area contributed by atoms with E-state index in [0.717, 1.165) is 6.07 Å². The summed E-state index contributed by atoms with van der Waals surface area (Å²) in [5.41, 5.74) is 1.19. The number of fused-ring (bicyclic) bond motifs is 1. The smallest absolute Gasteiger partial charge is 0.255 e. The summed E-state index contributed by atoms with van der Waals surface area (Å²) in [5.74, 6) is -2.11. The van der Waals surface area contributed by atoms with Crippen LogP contribution in [0.15, 0.2) is 29.3 Å². The SMILES string of the molecule is COc1ncc(Cl)cc1S(=O)(=O)N1CCN(c2cc(F)cc3c2CN(C2CCC(=O)NC2=O)C3=O)CC1. The minimum Gasteiger partial charge on any atom is -0.480 e. The van der Waals surface area contributed by atoms with Crippen LogP contribution in [0, 0.1) is 5.82 Å². The lowest BCUT2D eigenvalue weighted by Gasteiger charge is -2.36. The van der Waals surface area contributed by atoms with Gasteiger partial charge < -0.3 is 14.5 Å². The highest BCUT2D eigenvalue weighted by Crippen LogP contribution is 2.36. The number of amides is 3. The summed E-state index contributed by atoms with van der Waals surface area (Å²) in [5, 5.41) is 2.40. The molecular weight excluding hydrogens is 529 g/mol. The van der Waals surface area contributed by atoms with E-state index in [1.165, 1.54) is 34.6 Å². The molecule has 0 radical (unpaired) electrons. The maximum atomic E-state index is 14.6. The lowest BCUT2D eigenvalue weighted by molar-refractivity contribution is -0.136. The first-order valence-corrected chi connectivity index (χ1v) is 13.3. The van der Waals surface area contributed by atoms with Gasteiger partial charge in [0.05, 0.1) is 12.1 Å².